The van der Waals surface area contributed by atoms with Crippen LogP contribution in [0.3, 0.4) is 0 Å². The number of carbonyl (C=O) groups excluding carboxylic acids is 1. The van der Waals surface area contributed by atoms with Gasteiger partial charge in [-0.15, -0.1) is 6.58 Å². The van der Waals surface area contributed by atoms with Crippen LogP contribution < -0.4 is 9.47 Å². The number of benzene rings is 3. The van der Waals surface area contributed by atoms with Crippen molar-refractivity contribution >= 4 is 22.6 Å². The van der Waals surface area contributed by atoms with E-state index in [4.69, 9.17) is 28.9 Å². The Morgan fingerprint density at radius 3 is 2.53 bits per heavy atom. The summed E-state index contributed by atoms with van der Waals surface area (Å²) in [6.45, 7) is 14.3. The van der Waals surface area contributed by atoms with Crippen LogP contribution in [0.1, 0.15) is 82.8 Å². The number of carbonyl (C=O) groups is 1. The van der Waals surface area contributed by atoms with E-state index in [-0.39, 0.29) is 50.5 Å². The van der Waals surface area contributed by atoms with Gasteiger partial charge in [-0.25, -0.2) is 4.79 Å². The second-order valence-corrected chi connectivity index (χ2v) is 17.4. The summed E-state index contributed by atoms with van der Waals surface area (Å²) < 4.78 is 26.5. The number of amides is 1. The highest BCUT2D eigenvalue weighted by molar-refractivity contribution is 6.03. The Hall–Kier alpha value is -4.42. The Morgan fingerprint density at radius 1 is 1.03 bits per heavy atom. The lowest BCUT2D eigenvalue weighted by Gasteiger charge is -2.60. The van der Waals surface area contributed by atoms with Crippen molar-refractivity contribution in [1.82, 2.24) is 9.80 Å². The normalized spacial score (nSPS) is 25.4. The van der Waals surface area contributed by atoms with Gasteiger partial charge in [0.2, 0.25) is 5.79 Å². The predicted molar refractivity (Wildman–Crippen MR) is 230 cm³/mol. The minimum Gasteiger partial charge on any atom is -0.492 e. The van der Waals surface area contributed by atoms with Gasteiger partial charge in [0.15, 0.2) is 0 Å². The molecule has 0 aromatic heterocycles. The Labute approximate surface area is 349 Å². The topological polar surface area (TPSA) is 122 Å². The molecule has 2 aliphatic carbocycles. The Kier molecular flexibility index (Phi) is 13.7. The third kappa shape index (κ3) is 9.49. The molecule has 4 aliphatic rings. The fourth-order valence-electron chi connectivity index (χ4n) is 9.55. The predicted octanol–water partition coefficient (Wildman–Crippen LogP) is 8.23. The third-order valence-corrected chi connectivity index (χ3v) is 12.3. The summed E-state index contributed by atoms with van der Waals surface area (Å²) in [7, 11) is 1.41. The van der Waals surface area contributed by atoms with Crippen LogP contribution in [0, 0.1) is 17.8 Å². The van der Waals surface area contributed by atoms with Gasteiger partial charge < -0.3 is 34.0 Å². The summed E-state index contributed by atoms with van der Waals surface area (Å²) >= 11 is 0. The van der Waals surface area contributed by atoms with Crippen LogP contribution in [0.5, 0.6) is 11.5 Å². The zero-order valence-electron chi connectivity index (χ0n) is 35.3. The van der Waals surface area contributed by atoms with Crippen molar-refractivity contribution in [3.8, 4) is 11.5 Å². The van der Waals surface area contributed by atoms with Gasteiger partial charge in [-0.3, -0.25) is 9.80 Å². The average Bonchev–Trinajstić information content (AvgIpc) is 4.07. The molecule has 59 heavy (non-hydrogen) atoms. The average molecular weight is 810 g/mol. The number of methoxy groups -OCH3 is 1. The molecule has 2 aliphatic heterocycles. The minimum absolute atomic E-state index is 0.101. The van der Waals surface area contributed by atoms with Gasteiger partial charge in [0, 0.05) is 50.8 Å². The summed E-state index contributed by atoms with van der Waals surface area (Å²) in [6, 6.07) is 19.7. The van der Waals surface area contributed by atoms with E-state index in [1.165, 1.54) is 7.11 Å². The maximum Gasteiger partial charge on any atom is 0.410 e. The van der Waals surface area contributed by atoms with E-state index >= 15 is 0 Å². The van der Waals surface area contributed by atoms with Crippen molar-refractivity contribution in [3.05, 3.63) is 96.1 Å². The van der Waals surface area contributed by atoms with Gasteiger partial charge in [0.25, 0.3) is 0 Å². The number of allylic oxidation sites excluding steroid dienone is 1. The molecule has 0 bridgehead atoms. The van der Waals surface area contributed by atoms with Crippen LogP contribution in [-0.2, 0) is 20.9 Å². The van der Waals surface area contributed by atoms with Crippen LogP contribution in [0.4, 0.5) is 4.79 Å². The Balaban J connectivity index is 1.45. The number of unbranched alkanes of at least 4 members (excludes halogenated alkanes) is 2. The van der Waals surface area contributed by atoms with E-state index in [0.717, 1.165) is 84.3 Å². The van der Waals surface area contributed by atoms with Crippen LogP contribution in [0.15, 0.2) is 90.1 Å². The fraction of sp³-hybridized carbons (Fsp3) is 0.542. The van der Waals surface area contributed by atoms with Crippen molar-refractivity contribution in [2.75, 3.05) is 53.2 Å². The lowest BCUT2D eigenvalue weighted by Crippen LogP contribution is -2.70. The van der Waals surface area contributed by atoms with Gasteiger partial charge in [0.1, 0.15) is 29.7 Å². The van der Waals surface area contributed by atoms with Gasteiger partial charge >= 0.3 is 6.09 Å². The molecule has 1 saturated heterocycles. The lowest BCUT2D eigenvalue weighted by atomic mass is 9.55. The zero-order valence-corrected chi connectivity index (χ0v) is 35.3. The van der Waals surface area contributed by atoms with Crippen LogP contribution in [-0.4, -0.2) is 102 Å². The summed E-state index contributed by atoms with van der Waals surface area (Å²) in [4.78, 5) is 24.8. The number of ether oxygens (including phenoxy) is 4. The van der Waals surface area contributed by atoms with Gasteiger partial charge in [-0.05, 0) is 98.4 Å². The number of hydrogen-bond donors (Lipinski definition) is 2. The highest BCUT2D eigenvalue weighted by atomic mass is 16.7. The van der Waals surface area contributed by atoms with E-state index in [1.807, 2.05) is 51.1 Å². The maximum absolute atomic E-state index is 14.4. The van der Waals surface area contributed by atoms with Crippen LogP contribution >= 0.6 is 0 Å². The molecule has 11 nitrogen and oxygen atoms in total. The summed E-state index contributed by atoms with van der Waals surface area (Å²) in [5.41, 5.74) is 3.13. The second kappa shape index (κ2) is 18.9. The van der Waals surface area contributed by atoms with Crippen molar-refractivity contribution < 1.29 is 38.8 Å². The quantitative estimate of drug-likeness (QED) is 0.0534. The molecule has 11 heteroatoms. The molecule has 0 unspecified atom stereocenters. The molecule has 3 aromatic rings. The maximum atomic E-state index is 14.4. The molecular formula is C48H63N3O8. The molecule has 1 amide bonds. The number of aliphatic hydroxyl groups excluding tert-OH is 2. The highest BCUT2D eigenvalue weighted by Crippen LogP contribution is 2.62. The first-order chi connectivity index (χ1) is 28.6. The smallest absolute Gasteiger partial charge is 0.410 e. The molecular weight excluding hydrogens is 747 g/mol. The van der Waals surface area contributed by atoms with Crippen molar-refractivity contribution in [2.24, 2.45) is 22.9 Å². The molecule has 7 rings (SSSR count). The second-order valence-electron chi connectivity index (χ2n) is 17.4. The SMILES string of the molecule is C=CCO[C@@]12Oc3ccc(OCCN4CC4)cc3[C@H]3[C@H](CCCCO)[C@@H](CCCCO)C=C(C(=NOC(C)(C)C)C[C@@H]1N(Cc1cccc4ccccc14)C(=O)OC)[C@H]32. The molecule has 2 heterocycles. The van der Waals surface area contributed by atoms with Gasteiger partial charge in [-0.2, -0.15) is 0 Å². The number of hydrogen-bond acceptors (Lipinski definition) is 10. The monoisotopic (exact) mass is 809 g/mol. The summed E-state index contributed by atoms with van der Waals surface area (Å²) in [5, 5.41) is 26.9. The van der Waals surface area contributed by atoms with Crippen molar-refractivity contribution in [1.29, 1.82) is 0 Å². The largest absolute Gasteiger partial charge is 0.492 e. The van der Waals surface area contributed by atoms with E-state index in [1.54, 1.807) is 11.0 Å². The van der Waals surface area contributed by atoms with Gasteiger partial charge in [0.05, 0.1) is 31.9 Å². The third-order valence-electron chi connectivity index (χ3n) is 12.3. The Morgan fingerprint density at radius 2 is 1.80 bits per heavy atom. The van der Waals surface area contributed by atoms with Crippen molar-refractivity contribution in [2.45, 2.75) is 95.6 Å². The first kappa shape index (κ1) is 42.7. The number of nitrogens with zero attached hydrogens (tertiary/aromatic N) is 3. The number of oxime groups is 1. The van der Waals surface area contributed by atoms with E-state index in [0.29, 0.717) is 25.2 Å². The summed E-state index contributed by atoms with van der Waals surface area (Å²) in [5.74, 6) is -0.305. The molecule has 0 radical (unpaired) electrons. The number of aliphatic hydroxyl groups is 2. The van der Waals surface area contributed by atoms with E-state index < -0.39 is 29.4 Å². The first-order valence-electron chi connectivity index (χ1n) is 21.5. The highest BCUT2D eigenvalue weighted by Gasteiger charge is 2.65. The molecule has 318 valence electrons. The molecule has 2 fully saturated rings. The number of rotatable bonds is 19. The lowest BCUT2D eigenvalue weighted by molar-refractivity contribution is -0.256. The molecule has 0 spiro atoms. The van der Waals surface area contributed by atoms with Crippen LogP contribution in [0.2, 0.25) is 0 Å². The fourth-order valence-corrected chi connectivity index (χ4v) is 9.55. The van der Waals surface area contributed by atoms with Gasteiger partial charge in [-0.1, -0.05) is 72.6 Å². The molecule has 1 saturated carbocycles. The summed E-state index contributed by atoms with van der Waals surface area (Å²) in [6.07, 6.45) is 8.65. The van der Waals surface area contributed by atoms with Crippen LogP contribution in [0.25, 0.3) is 10.8 Å². The first-order valence-corrected chi connectivity index (χ1v) is 21.5. The zero-order chi connectivity index (χ0) is 41.6. The Bertz CT molecular complexity index is 1980. The number of fused-ring (bicyclic) bond motifs is 3. The molecule has 2 N–H and O–H groups in total. The standard InChI is InChI=1S/C48H63N3O8/c1-6-27-57-48-43(51(46(54)55-5)32-35-17-13-16-33-14-7-8-18-37(33)35)31-41(49-59-47(2,3)4)39-29-34(15-9-11-25-52)38(19-10-12-26-53)44(45(39)48)40-30-36(20-21-42(40)58-48)56-28-24-50-22-23-50/h6-8,13-14,16-18,20-21,29-30,34,38,43-45,52-53H,1,9-12,15,19,22-28,31-32H2,2-5H3/t34-,38+,43-,44+,45+,48+/m0/s1. The molecule has 3 aromatic carbocycles. The van der Waals surface area contributed by atoms with E-state index in [2.05, 4.69) is 47.9 Å². The van der Waals surface area contributed by atoms with Crippen molar-refractivity contribution in [3.63, 3.8) is 0 Å². The van der Waals surface area contributed by atoms with E-state index in [9.17, 15) is 15.0 Å². The molecule has 6 atom stereocenters. The minimum atomic E-state index is -1.40.